The molecule has 0 spiro atoms. The average Bonchev–Trinajstić information content (AvgIpc) is 3.60. The third-order valence-corrected chi connectivity index (χ3v) is 8.43. The average molecular weight is 519 g/mol. The molecule has 3 nitrogen and oxygen atoms in total. The fourth-order valence-corrected chi connectivity index (χ4v) is 6.58. The highest BCUT2D eigenvalue weighted by Gasteiger charge is 2.20. The number of fused-ring (bicyclic) bond motifs is 6. The molecule has 0 fully saturated rings. The summed E-state index contributed by atoms with van der Waals surface area (Å²) in [6.07, 6.45) is 0. The van der Waals surface area contributed by atoms with E-state index in [1.807, 2.05) is 47.7 Å². The first kappa shape index (κ1) is 22.1. The maximum atomic E-state index is 6.28. The van der Waals surface area contributed by atoms with Crippen LogP contribution in [-0.2, 0) is 0 Å². The summed E-state index contributed by atoms with van der Waals surface area (Å²) in [7, 11) is 0. The van der Waals surface area contributed by atoms with Gasteiger partial charge < -0.3 is 9.32 Å². The Hall–Kier alpha value is -4.93. The zero-order valence-corrected chi connectivity index (χ0v) is 21.7. The highest BCUT2D eigenvalue weighted by molar-refractivity contribution is 7.25. The predicted octanol–water partition coefficient (Wildman–Crippen LogP) is 10.5. The summed E-state index contributed by atoms with van der Waals surface area (Å²) in [5, 5.41) is 4.75. The molecule has 2 aromatic heterocycles. The van der Waals surface area contributed by atoms with Crippen molar-refractivity contribution in [3.63, 3.8) is 0 Å². The zero-order valence-electron chi connectivity index (χ0n) is 20.9. The minimum Gasteiger partial charge on any atom is -0.436 e. The lowest BCUT2D eigenvalue weighted by Gasteiger charge is -2.27. The smallest absolute Gasteiger partial charge is 0.227 e. The molecular weight excluding hydrogens is 496 g/mol. The van der Waals surface area contributed by atoms with Gasteiger partial charge in [-0.05, 0) is 66.0 Å². The number of hydrogen-bond donors (Lipinski definition) is 0. The standard InChI is InChI=1S/C35H22N2OS/c1-3-10-24(11-4-1)35-36-34-30(38-35)20-18-23-12-9-16-29(33(23)34)37(25-13-5-2-6-14-25)26-19-21-32-28(22-26)27-15-7-8-17-31(27)39-32/h1-22H. The van der Waals surface area contributed by atoms with Crippen LogP contribution in [0.3, 0.4) is 0 Å². The van der Waals surface area contributed by atoms with Crippen molar-refractivity contribution in [3.8, 4) is 11.5 Å². The van der Waals surface area contributed by atoms with E-state index in [0.717, 1.165) is 44.5 Å². The number of nitrogens with zero attached hydrogens (tertiary/aromatic N) is 2. The van der Waals surface area contributed by atoms with Crippen LogP contribution in [0, 0.1) is 0 Å². The van der Waals surface area contributed by atoms with Crippen LogP contribution >= 0.6 is 11.3 Å². The number of benzene rings is 6. The van der Waals surface area contributed by atoms with E-state index in [9.17, 15) is 0 Å². The molecule has 0 atom stereocenters. The fraction of sp³-hybridized carbons (Fsp3) is 0. The fourth-order valence-electron chi connectivity index (χ4n) is 5.49. The number of anilines is 3. The highest BCUT2D eigenvalue weighted by atomic mass is 32.1. The van der Waals surface area contributed by atoms with Gasteiger partial charge in [-0.2, -0.15) is 0 Å². The minimum absolute atomic E-state index is 0.630. The summed E-state index contributed by atoms with van der Waals surface area (Å²) < 4.78 is 8.87. The largest absolute Gasteiger partial charge is 0.436 e. The first-order chi connectivity index (χ1) is 19.3. The van der Waals surface area contributed by atoms with Crippen LogP contribution in [0.2, 0.25) is 0 Å². The van der Waals surface area contributed by atoms with Gasteiger partial charge in [0.05, 0.1) is 5.69 Å². The van der Waals surface area contributed by atoms with Crippen LogP contribution in [0.15, 0.2) is 138 Å². The van der Waals surface area contributed by atoms with Crippen LogP contribution < -0.4 is 4.90 Å². The Morgan fingerprint density at radius 3 is 2.23 bits per heavy atom. The quantitative estimate of drug-likeness (QED) is 0.232. The number of rotatable bonds is 4. The molecule has 8 aromatic rings. The van der Waals surface area contributed by atoms with Crippen molar-refractivity contribution in [1.29, 1.82) is 0 Å². The van der Waals surface area contributed by atoms with E-state index in [-0.39, 0.29) is 0 Å². The summed E-state index contributed by atoms with van der Waals surface area (Å²) in [5.41, 5.74) is 5.87. The number of thiophene rings is 1. The molecule has 0 aliphatic rings. The lowest BCUT2D eigenvalue weighted by atomic mass is 10.0. The van der Waals surface area contributed by atoms with E-state index in [4.69, 9.17) is 9.40 Å². The summed E-state index contributed by atoms with van der Waals surface area (Å²) >= 11 is 1.84. The van der Waals surface area contributed by atoms with Crippen molar-refractivity contribution in [2.75, 3.05) is 4.90 Å². The maximum absolute atomic E-state index is 6.28. The van der Waals surface area contributed by atoms with E-state index >= 15 is 0 Å². The molecular formula is C35H22N2OS. The Morgan fingerprint density at radius 1 is 0.590 bits per heavy atom. The monoisotopic (exact) mass is 518 g/mol. The molecule has 0 saturated heterocycles. The molecule has 184 valence electrons. The van der Waals surface area contributed by atoms with Gasteiger partial charge in [0.1, 0.15) is 5.52 Å². The molecule has 6 aromatic carbocycles. The van der Waals surface area contributed by atoms with Crippen LogP contribution in [0.4, 0.5) is 17.1 Å². The Bertz CT molecular complexity index is 2130. The van der Waals surface area contributed by atoms with Crippen LogP contribution in [-0.4, -0.2) is 4.98 Å². The second-order valence-corrected chi connectivity index (χ2v) is 10.7. The van der Waals surface area contributed by atoms with Gasteiger partial charge in [0.2, 0.25) is 5.89 Å². The van der Waals surface area contributed by atoms with Crippen LogP contribution in [0.5, 0.6) is 0 Å². The van der Waals surface area contributed by atoms with Crippen molar-refractivity contribution in [2.24, 2.45) is 0 Å². The highest BCUT2D eigenvalue weighted by Crippen LogP contribution is 2.44. The number of para-hydroxylation sites is 1. The van der Waals surface area contributed by atoms with Crippen molar-refractivity contribution in [3.05, 3.63) is 133 Å². The Balaban J connectivity index is 1.41. The van der Waals surface area contributed by atoms with Gasteiger partial charge >= 0.3 is 0 Å². The molecule has 0 amide bonds. The Kier molecular flexibility index (Phi) is 5.00. The van der Waals surface area contributed by atoms with Crippen molar-refractivity contribution < 1.29 is 4.42 Å². The summed E-state index contributed by atoms with van der Waals surface area (Å²) in [4.78, 5) is 7.37. The van der Waals surface area contributed by atoms with E-state index in [2.05, 4.69) is 102 Å². The van der Waals surface area contributed by atoms with Gasteiger partial charge in [-0.1, -0.05) is 72.8 Å². The predicted molar refractivity (Wildman–Crippen MR) is 165 cm³/mol. The summed E-state index contributed by atoms with van der Waals surface area (Å²) in [6, 6.07) is 46.7. The lowest BCUT2D eigenvalue weighted by Crippen LogP contribution is -2.10. The lowest BCUT2D eigenvalue weighted by molar-refractivity contribution is 0.620. The van der Waals surface area contributed by atoms with Crippen molar-refractivity contribution >= 4 is 70.4 Å². The first-order valence-corrected chi connectivity index (χ1v) is 13.8. The van der Waals surface area contributed by atoms with Crippen LogP contribution in [0.1, 0.15) is 0 Å². The van der Waals surface area contributed by atoms with Gasteiger partial charge in [0.25, 0.3) is 0 Å². The number of oxazole rings is 1. The van der Waals surface area contributed by atoms with E-state index in [1.165, 1.54) is 20.2 Å². The van der Waals surface area contributed by atoms with E-state index < -0.39 is 0 Å². The molecule has 0 bridgehead atoms. The number of aromatic nitrogens is 1. The van der Waals surface area contributed by atoms with Crippen molar-refractivity contribution in [1.82, 2.24) is 4.98 Å². The topological polar surface area (TPSA) is 29.3 Å². The Labute approximate surface area is 229 Å². The zero-order chi connectivity index (χ0) is 25.8. The summed E-state index contributed by atoms with van der Waals surface area (Å²) in [5.74, 6) is 0.630. The number of hydrogen-bond acceptors (Lipinski definition) is 4. The molecule has 0 saturated carbocycles. The van der Waals surface area contributed by atoms with Gasteiger partial charge in [0.15, 0.2) is 5.58 Å². The van der Waals surface area contributed by atoms with Gasteiger partial charge in [0, 0.05) is 42.5 Å². The first-order valence-electron chi connectivity index (χ1n) is 13.0. The third kappa shape index (κ3) is 3.61. The molecule has 39 heavy (non-hydrogen) atoms. The molecule has 2 heterocycles. The SMILES string of the molecule is c1ccc(-c2nc3c(ccc4cccc(N(c5ccccc5)c5ccc6sc7ccccc7c6c5)c43)o2)cc1. The van der Waals surface area contributed by atoms with Crippen molar-refractivity contribution in [2.45, 2.75) is 0 Å². The Morgan fingerprint density at radius 2 is 1.36 bits per heavy atom. The second-order valence-electron chi connectivity index (χ2n) is 9.62. The third-order valence-electron chi connectivity index (χ3n) is 7.27. The molecule has 4 heteroatoms. The van der Waals surface area contributed by atoms with Gasteiger partial charge in [-0.3, -0.25) is 0 Å². The molecule has 0 unspecified atom stereocenters. The van der Waals surface area contributed by atoms with E-state index in [0.29, 0.717) is 5.89 Å². The van der Waals surface area contributed by atoms with Gasteiger partial charge in [-0.25, -0.2) is 4.98 Å². The van der Waals surface area contributed by atoms with Gasteiger partial charge in [-0.15, -0.1) is 11.3 Å². The molecule has 0 aliphatic carbocycles. The summed E-state index contributed by atoms with van der Waals surface area (Å²) in [6.45, 7) is 0. The molecule has 0 N–H and O–H groups in total. The minimum atomic E-state index is 0.630. The molecule has 8 rings (SSSR count). The second kappa shape index (κ2) is 8.83. The molecule has 0 radical (unpaired) electrons. The van der Waals surface area contributed by atoms with E-state index in [1.54, 1.807) is 0 Å². The normalized spacial score (nSPS) is 11.6. The maximum Gasteiger partial charge on any atom is 0.227 e. The molecule has 0 aliphatic heterocycles. The van der Waals surface area contributed by atoms with Crippen LogP contribution in [0.25, 0.3) is 53.5 Å².